The quantitative estimate of drug-likeness (QED) is 0.481. The minimum absolute atomic E-state index is 0.0632. The van der Waals surface area contributed by atoms with Gasteiger partial charge in [0.25, 0.3) is 0 Å². The van der Waals surface area contributed by atoms with Gasteiger partial charge < -0.3 is 4.74 Å². The first-order chi connectivity index (χ1) is 12.6. The molecule has 128 valence electrons. The summed E-state index contributed by atoms with van der Waals surface area (Å²) in [4.78, 5) is 13.2. The van der Waals surface area contributed by atoms with E-state index >= 15 is 0 Å². The summed E-state index contributed by atoms with van der Waals surface area (Å²) in [5.74, 6) is 0.525. The van der Waals surface area contributed by atoms with E-state index < -0.39 is 6.10 Å². The molecule has 0 spiro atoms. The van der Waals surface area contributed by atoms with Crippen LogP contribution in [0.4, 0.5) is 0 Å². The van der Waals surface area contributed by atoms with Gasteiger partial charge in [-0.15, -0.1) is 0 Å². The molecule has 1 heterocycles. The summed E-state index contributed by atoms with van der Waals surface area (Å²) in [5, 5.41) is 1.04. The van der Waals surface area contributed by atoms with E-state index in [0.717, 1.165) is 11.1 Å². The third-order valence-corrected chi connectivity index (χ3v) is 4.86. The summed E-state index contributed by atoms with van der Waals surface area (Å²) < 4.78 is 6.18. The molecule has 4 heteroatoms. The second-order valence-corrected chi connectivity index (χ2v) is 6.84. The van der Waals surface area contributed by atoms with Crippen LogP contribution in [0.2, 0.25) is 10.0 Å². The highest BCUT2D eigenvalue weighted by Gasteiger charge is 2.32. The van der Waals surface area contributed by atoms with Crippen molar-refractivity contribution < 1.29 is 9.53 Å². The average molecular weight is 381 g/mol. The molecule has 4 rings (SSSR count). The molecule has 0 saturated heterocycles. The molecule has 0 amide bonds. The van der Waals surface area contributed by atoms with Gasteiger partial charge in [-0.1, -0.05) is 71.7 Å². The molecule has 1 unspecified atom stereocenters. The summed E-state index contributed by atoms with van der Waals surface area (Å²) in [5.41, 5.74) is 2.73. The number of carbonyl (C=O) groups excluding carboxylic acids is 1. The van der Waals surface area contributed by atoms with E-state index in [1.54, 1.807) is 30.3 Å². The van der Waals surface area contributed by atoms with Gasteiger partial charge in [-0.3, -0.25) is 4.79 Å². The highest BCUT2D eigenvalue weighted by molar-refractivity contribution is 6.35. The maximum absolute atomic E-state index is 13.2. The zero-order chi connectivity index (χ0) is 18.1. The molecule has 1 atom stereocenters. The van der Waals surface area contributed by atoms with Gasteiger partial charge in [-0.2, -0.15) is 0 Å². The van der Waals surface area contributed by atoms with Crippen molar-refractivity contribution >= 4 is 35.1 Å². The number of hydrogen-bond donors (Lipinski definition) is 0. The minimum atomic E-state index is -0.495. The largest absolute Gasteiger partial charge is 0.480 e. The molecule has 0 bridgehead atoms. The van der Waals surface area contributed by atoms with Crippen molar-refractivity contribution in [1.29, 1.82) is 0 Å². The van der Waals surface area contributed by atoms with Crippen LogP contribution in [0.1, 0.15) is 27.6 Å². The van der Waals surface area contributed by atoms with Crippen LogP contribution in [0.15, 0.2) is 78.4 Å². The van der Waals surface area contributed by atoms with Crippen LogP contribution in [-0.2, 0) is 0 Å². The predicted octanol–water partition coefficient (Wildman–Crippen LogP) is 6.39. The summed E-state index contributed by atoms with van der Waals surface area (Å²) in [7, 11) is 0. The molecule has 3 aromatic carbocycles. The molecule has 3 aromatic rings. The maximum Gasteiger partial charge on any atom is 0.196 e. The highest BCUT2D eigenvalue weighted by Crippen LogP contribution is 2.39. The monoisotopic (exact) mass is 380 g/mol. The molecule has 0 radical (unpaired) electrons. The first-order valence-corrected chi connectivity index (χ1v) is 8.91. The second kappa shape index (κ2) is 6.99. The summed E-state index contributed by atoms with van der Waals surface area (Å²) in [6, 6.07) is 22.2. The number of ketones is 1. The Kier molecular flexibility index (Phi) is 4.54. The SMILES string of the molecule is O=C1/C(=C\c2ccc(Cl)cc2Cl)C(c2ccccc2)Oc2ccccc21. The van der Waals surface area contributed by atoms with E-state index in [4.69, 9.17) is 27.9 Å². The van der Waals surface area contributed by atoms with Crippen LogP contribution in [0.3, 0.4) is 0 Å². The van der Waals surface area contributed by atoms with Crippen LogP contribution < -0.4 is 4.74 Å². The van der Waals surface area contributed by atoms with Crippen molar-refractivity contribution in [2.45, 2.75) is 6.10 Å². The van der Waals surface area contributed by atoms with E-state index in [2.05, 4.69) is 0 Å². The van der Waals surface area contributed by atoms with Gasteiger partial charge >= 0.3 is 0 Å². The number of Topliss-reactive ketones (excluding diaryl/α,β-unsaturated/α-hetero) is 1. The van der Waals surface area contributed by atoms with Gasteiger partial charge in [0.1, 0.15) is 5.75 Å². The Bertz CT molecular complexity index is 1010. The first kappa shape index (κ1) is 16.9. The Morgan fingerprint density at radius 1 is 0.885 bits per heavy atom. The molecular formula is C22H14Cl2O2. The lowest BCUT2D eigenvalue weighted by molar-refractivity contribution is 0.0963. The third kappa shape index (κ3) is 3.14. The third-order valence-electron chi connectivity index (χ3n) is 4.30. The number of rotatable bonds is 2. The van der Waals surface area contributed by atoms with E-state index in [-0.39, 0.29) is 5.78 Å². The van der Waals surface area contributed by atoms with Gasteiger partial charge in [-0.25, -0.2) is 0 Å². The number of halogens is 2. The number of benzene rings is 3. The second-order valence-electron chi connectivity index (χ2n) is 6.00. The summed E-state index contributed by atoms with van der Waals surface area (Å²) >= 11 is 12.3. The van der Waals surface area contributed by atoms with Crippen molar-refractivity contribution in [3.63, 3.8) is 0 Å². The van der Waals surface area contributed by atoms with Gasteiger partial charge in [-0.05, 0) is 41.5 Å². The lowest BCUT2D eigenvalue weighted by atomic mass is 9.89. The maximum atomic E-state index is 13.2. The Labute approximate surface area is 161 Å². The van der Waals surface area contributed by atoms with Crippen molar-refractivity contribution in [2.75, 3.05) is 0 Å². The van der Waals surface area contributed by atoms with Crippen molar-refractivity contribution in [3.8, 4) is 5.75 Å². The van der Waals surface area contributed by atoms with Crippen molar-refractivity contribution in [1.82, 2.24) is 0 Å². The fraction of sp³-hybridized carbons (Fsp3) is 0.0455. The van der Waals surface area contributed by atoms with Crippen LogP contribution in [0.5, 0.6) is 5.75 Å². The van der Waals surface area contributed by atoms with E-state index in [9.17, 15) is 4.79 Å². The van der Waals surface area contributed by atoms with Gasteiger partial charge in [0.05, 0.1) is 5.56 Å². The molecule has 0 aromatic heterocycles. The van der Waals surface area contributed by atoms with E-state index in [0.29, 0.717) is 26.9 Å². The van der Waals surface area contributed by atoms with Gasteiger partial charge in [0.2, 0.25) is 0 Å². The average Bonchev–Trinajstić information content (AvgIpc) is 2.66. The molecule has 0 aliphatic carbocycles. The number of hydrogen-bond acceptors (Lipinski definition) is 2. The lowest BCUT2D eigenvalue weighted by Crippen LogP contribution is -2.23. The predicted molar refractivity (Wildman–Crippen MR) is 105 cm³/mol. The topological polar surface area (TPSA) is 26.3 Å². The molecule has 0 fully saturated rings. The number of ether oxygens (including phenoxy) is 1. The van der Waals surface area contributed by atoms with Crippen molar-refractivity contribution in [3.05, 3.63) is 105 Å². The molecule has 0 saturated carbocycles. The number of para-hydroxylation sites is 1. The van der Waals surface area contributed by atoms with E-state index in [1.807, 2.05) is 48.5 Å². The molecule has 2 nitrogen and oxygen atoms in total. The Balaban J connectivity index is 1.88. The lowest BCUT2D eigenvalue weighted by Gasteiger charge is -2.28. The Morgan fingerprint density at radius 3 is 2.38 bits per heavy atom. The number of carbonyl (C=O) groups is 1. The molecular weight excluding hydrogens is 367 g/mol. The first-order valence-electron chi connectivity index (χ1n) is 8.15. The van der Waals surface area contributed by atoms with Crippen LogP contribution in [0.25, 0.3) is 6.08 Å². The standard InChI is InChI=1S/C22H14Cl2O2/c23-16-11-10-15(19(24)13-16)12-18-21(25)17-8-4-5-9-20(17)26-22(18)14-6-2-1-3-7-14/h1-13,22H/b18-12+. The highest BCUT2D eigenvalue weighted by atomic mass is 35.5. The Morgan fingerprint density at radius 2 is 1.62 bits per heavy atom. The van der Waals surface area contributed by atoms with Crippen molar-refractivity contribution in [2.24, 2.45) is 0 Å². The smallest absolute Gasteiger partial charge is 0.196 e. The summed E-state index contributed by atoms with van der Waals surface area (Å²) in [6.45, 7) is 0. The normalized spacial score (nSPS) is 17.7. The zero-order valence-corrected chi connectivity index (χ0v) is 15.2. The van der Waals surface area contributed by atoms with Crippen LogP contribution in [-0.4, -0.2) is 5.78 Å². The fourth-order valence-electron chi connectivity index (χ4n) is 3.02. The Hall–Kier alpha value is -2.55. The molecule has 26 heavy (non-hydrogen) atoms. The van der Waals surface area contributed by atoms with Gasteiger partial charge in [0, 0.05) is 15.6 Å². The van der Waals surface area contributed by atoms with Gasteiger partial charge in [0.15, 0.2) is 11.9 Å². The molecule has 0 N–H and O–H groups in total. The molecule has 1 aliphatic rings. The van der Waals surface area contributed by atoms with Crippen LogP contribution >= 0.6 is 23.2 Å². The minimum Gasteiger partial charge on any atom is -0.480 e. The fourth-order valence-corrected chi connectivity index (χ4v) is 3.49. The van der Waals surface area contributed by atoms with E-state index in [1.165, 1.54) is 0 Å². The zero-order valence-electron chi connectivity index (χ0n) is 13.7. The van der Waals surface area contributed by atoms with Crippen LogP contribution in [0, 0.1) is 0 Å². The molecule has 1 aliphatic heterocycles. The number of fused-ring (bicyclic) bond motifs is 1. The summed E-state index contributed by atoms with van der Waals surface area (Å²) in [6.07, 6.45) is 1.29.